The molecule has 0 fully saturated rings. The van der Waals surface area contributed by atoms with Crippen molar-refractivity contribution in [2.45, 2.75) is 20.8 Å². The van der Waals surface area contributed by atoms with Crippen LogP contribution in [0.3, 0.4) is 0 Å². The van der Waals surface area contributed by atoms with Crippen LogP contribution in [0.1, 0.15) is 23.6 Å². The second-order valence-electron chi connectivity index (χ2n) is 2.91. The molecule has 1 heteroatoms. The van der Waals surface area contributed by atoms with Crippen LogP contribution < -0.4 is 0 Å². The fraction of sp³-hybridized carbons (Fsp3) is 0.273. The number of aryl methyl sites for hydroxylation is 1. The summed E-state index contributed by atoms with van der Waals surface area (Å²) in [6.07, 6.45) is 4.09. The van der Waals surface area contributed by atoms with E-state index in [1.165, 1.54) is 5.56 Å². The minimum absolute atomic E-state index is 0.880. The lowest BCUT2D eigenvalue weighted by Gasteiger charge is -2.05. The molecule has 1 aromatic carbocycles. The zero-order chi connectivity index (χ0) is 9.14. The van der Waals surface area contributed by atoms with E-state index in [0.29, 0.717) is 0 Å². The van der Waals surface area contributed by atoms with Gasteiger partial charge in [-0.15, -0.1) is 0 Å². The molecule has 0 heterocycles. The Morgan fingerprint density at radius 1 is 1.25 bits per heavy atom. The molecular formula is C11H13Cl. The highest BCUT2D eigenvalue weighted by Gasteiger charge is 2.01. The molecular weight excluding hydrogens is 168 g/mol. The molecule has 0 nitrogen and oxygen atoms in total. The summed E-state index contributed by atoms with van der Waals surface area (Å²) in [4.78, 5) is 0. The van der Waals surface area contributed by atoms with Gasteiger partial charge in [0, 0.05) is 5.02 Å². The van der Waals surface area contributed by atoms with Gasteiger partial charge in [-0.3, -0.25) is 0 Å². The summed E-state index contributed by atoms with van der Waals surface area (Å²) in [6.45, 7) is 6.08. The van der Waals surface area contributed by atoms with Crippen molar-refractivity contribution in [1.82, 2.24) is 0 Å². The molecule has 12 heavy (non-hydrogen) atoms. The number of benzene rings is 1. The van der Waals surface area contributed by atoms with Gasteiger partial charge in [-0.25, -0.2) is 0 Å². The van der Waals surface area contributed by atoms with Crippen LogP contribution in [0.4, 0.5) is 0 Å². The van der Waals surface area contributed by atoms with E-state index >= 15 is 0 Å². The standard InChI is InChI=1S/C11H13Cl/c1-4-5-10-7-6-8(2)11(12)9(10)3/h4-7H,1-3H3/b5-4-. The number of hydrogen-bond acceptors (Lipinski definition) is 0. The lowest BCUT2D eigenvalue weighted by atomic mass is 10.1. The van der Waals surface area contributed by atoms with Crippen molar-refractivity contribution in [3.8, 4) is 0 Å². The van der Waals surface area contributed by atoms with E-state index in [0.717, 1.165) is 16.1 Å². The Balaban J connectivity index is 3.26. The molecule has 0 radical (unpaired) electrons. The van der Waals surface area contributed by atoms with Gasteiger partial charge in [-0.1, -0.05) is 35.9 Å². The average molecular weight is 181 g/mol. The highest BCUT2D eigenvalue weighted by molar-refractivity contribution is 6.32. The van der Waals surface area contributed by atoms with Gasteiger partial charge in [0.2, 0.25) is 0 Å². The van der Waals surface area contributed by atoms with Gasteiger partial charge in [0.05, 0.1) is 0 Å². The molecule has 0 aromatic heterocycles. The van der Waals surface area contributed by atoms with Crippen LogP contribution in [0.25, 0.3) is 6.08 Å². The summed E-state index contributed by atoms with van der Waals surface area (Å²) in [5.41, 5.74) is 3.50. The molecule has 0 spiro atoms. The lowest BCUT2D eigenvalue weighted by Crippen LogP contribution is -1.85. The van der Waals surface area contributed by atoms with E-state index in [2.05, 4.69) is 12.1 Å². The number of halogens is 1. The smallest absolute Gasteiger partial charge is 0.0470 e. The third-order valence-electron chi connectivity index (χ3n) is 1.97. The maximum Gasteiger partial charge on any atom is 0.0470 e. The summed E-state index contributed by atoms with van der Waals surface area (Å²) in [6, 6.07) is 4.14. The van der Waals surface area contributed by atoms with Gasteiger partial charge < -0.3 is 0 Å². The van der Waals surface area contributed by atoms with Crippen LogP contribution in [-0.4, -0.2) is 0 Å². The molecule has 0 amide bonds. The fourth-order valence-corrected chi connectivity index (χ4v) is 1.37. The fourth-order valence-electron chi connectivity index (χ4n) is 1.20. The first-order valence-electron chi connectivity index (χ1n) is 4.05. The van der Waals surface area contributed by atoms with E-state index in [1.807, 2.05) is 32.9 Å². The second-order valence-corrected chi connectivity index (χ2v) is 3.29. The van der Waals surface area contributed by atoms with E-state index < -0.39 is 0 Å². The van der Waals surface area contributed by atoms with Gasteiger partial charge in [-0.2, -0.15) is 0 Å². The zero-order valence-corrected chi connectivity index (χ0v) is 8.44. The molecule has 64 valence electrons. The third kappa shape index (κ3) is 1.70. The summed E-state index contributed by atoms with van der Waals surface area (Å²) in [7, 11) is 0. The SMILES string of the molecule is C/C=C\c1ccc(C)c(Cl)c1C. The average Bonchev–Trinajstić information content (AvgIpc) is 2.07. The Morgan fingerprint density at radius 3 is 2.50 bits per heavy atom. The van der Waals surface area contributed by atoms with Crippen molar-refractivity contribution in [2.75, 3.05) is 0 Å². The summed E-state index contributed by atoms with van der Waals surface area (Å²) in [5.74, 6) is 0. The van der Waals surface area contributed by atoms with Gasteiger partial charge in [0.1, 0.15) is 0 Å². The van der Waals surface area contributed by atoms with Crippen LogP contribution in [0.15, 0.2) is 18.2 Å². The molecule has 0 aliphatic rings. The first-order chi connectivity index (χ1) is 5.66. The molecule has 0 aliphatic carbocycles. The molecule has 0 atom stereocenters. The van der Waals surface area contributed by atoms with E-state index in [4.69, 9.17) is 11.6 Å². The molecule has 0 unspecified atom stereocenters. The van der Waals surface area contributed by atoms with E-state index in [9.17, 15) is 0 Å². The summed E-state index contributed by atoms with van der Waals surface area (Å²) >= 11 is 6.08. The molecule has 0 aliphatic heterocycles. The molecule has 0 saturated carbocycles. The van der Waals surface area contributed by atoms with E-state index in [-0.39, 0.29) is 0 Å². The predicted molar refractivity (Wildman–Crippen MR) is 55.6 cm³/mol. The van der Waals surface area contributed by atoms with Crippen LogP contribution >= 0.6 is 11.6 Å². The number of rotatable bonds is 1. The second kappa shape index (κ2) is 3.77. The van der Waals surface area contributed by atoms with Crippen molar-refractivity contribution in [1.29, 1.82) is 0 Å². The molecule has 1 aromatic rings. The molecule has 1 rings (SSSR count). The number of hydrogen-bond donors (Lipinski definition) is 0. The highest BCUT2D eigenvalue weighted by Crippen LogP contribution is 2.23. The molecule has 0 saturated heterocycles. The Bertz CT molecular complexity index is 311. The van der Waals surface area contributed by atoms with Crippen molar-refractivity contribution < 1.29 is 0 Å². The van der Waals surface area contributed by atoms with Gasteiger partial charge in [-0.05, 0) is 37.5 Å². The topological polar surface area (TPSA) is 0 Å². The van der Waals surface area contributed by atoms with Gasteiger partial charge >= 0.3 is 0 Å². The van der Waals surface area contributed by atoms with Crippen LogP contribution in [-0.2, 0) is 0 Å². The van der Waals surface area contributed by atoms with Crippen molar-refractivity contribution in [3.63, 3.8) is 0 Å². The number of allylic oxidation sites excluding steroid dienone is 1. The van der Waals surface area contributed by atoms with Crippen LogP contribution in [0.5, 0.6) is 0 Å². The predicted octanol–water partition coefficient (Wildman–Crippen LogP) is 3.99. The Kier molecular flexibility index (Phi) is 2.93. The van der Waals surface area contributed by atoms with Gasteiger partial charge in [0.15, 0.2) is 0 Å². The van der Waals surface area contributed by atoms with Crippen LogP contribution in [0, 0.1) is 13.8 Å². The quantitative estimate of drug-likeness (QED) is 0.613. The van der Waals surface area contributed by atoms with E-state index in [1.54, 1.807) is 0 Å². The summed E-state index contributed by atoms with van der Waals surface area (Å²) < 4.78 is 0. The minimum Gasteiger partial charge on any atom is -0.0871 e. The highest BCUT2D eigenvalue weighted by atomic mass is 35.5. The first kappa shape index (κ1) is 9.34. The molecule has 0 bridgehead atoms. The zero-order valence-electron chi connectivity index (χ0n) is 7.69. The van der Waals surface area contributed by atoms with Gasteiger partial charge in [0.25, 0.3) is 0 Å². The van der Waals surface area contributed by atoms with Crippen molar-refractivity contribution in [3.05, 3.63) is 39.9 Å². The minimum atomic E-state index is 0.880. The first-order valence-corrected chi connectivity index (χ1v) is 4.43. The Labute approximate surface area is 78.9 Å². The van der Waals surface area contributed by atoms with Crippen LogP contribution in [0.2, 0.25) is 5.02 Å². The maximum atomic E-state index is 6.08. The monoisotopic (exact) mass is 180 g/mol. The molecule has 0 N–H and O–H groups in total. The maximum absolute atomic E-state index is 6.08. The van der Waals surface area contributed by atoms with Crippen molar-refractivity contribution in [2.24, 2.45) is 0 Å². The summed E-state index contributed by atoms with van der Waals surface area (Å²) in [5, 5.41) is 0.880. The Hall–Kier alpha value is -0.750. The Morgan fingerprint density at radius 2 is 1.92 bits per heavy atom. The third-order valence-corrected chi connectivity index (χ3v) is 2.55. The normalized spacial score (nSPS) is 11.0. The van der Waals surface area contributed by atoms with Crippen molar-refractivity contribution >= 4 is 17.7 Å². The largest absolute Gasteiger partial charge is 0.0871 e. The lowest BCUT2D eigenvalue weighted by molar-refractivity contribution is 1.37.